The third kappa shape index (κ3) is 4.47. The largest absolute Gasteiger partial charge is 0.507 e. The van der Waals surface area contributed by atoms with Gasteiger partial charge in [0.15, 0.2) is 0 Å². The monoisotopic (exact) mass is 465 g/mol. The fourth-order valence-corrected chi connectivity index (χ4v) is 3.90. The van der Waals surface area contributed by atoms with Crippen molar-refractivity contribution in [3.8, 4) is 5.75 Å². The third-order valence-corrected chi connectivity index (χ3v) is 5.57. The highest BCUT2D eigenvalue weighted by Crippen LogP contribution is 2.42. The number of aliphatic hydroxyl groups excluding tert-OH is 1. The molecular formula is C26H21ClFNO4. The smallest absolute Gasteiger partial charge is 0.300 e. The van der Waals surface area contributed by atoms with Gasteiger partial charge in [0.1, 0.15) is 17.3 Å². The van der Waals surface area contributed by atoms with Crippen molar-refractivity contribution in [1.82, 2.24) is 0 Å². The number of carbonyl (C=O) groups is 2. The fourth-order valence-electron chi connectivity index (χ4n) is 3.77. The van der Waals surface area contributed by atoms with Crippen LogP contribution in [-0.2, 0) is 9.59 Å². The van der Waals surface area contributed by atoms with Crippen molar-refractivity contribution in [2.75, 3.05) is 11.5 Å². The quantitative estimate of drug-likeness (QED) is 0.280. The summed E-state index contributed by atoms with van der Waals surface area (Å²) in [5.41, 5.74) is 1.18. The van der Waals surface area contributed by atoms with E-state index in [1.807, 2.05) is 6.92 Å². The number of rotatable bonds is 6. The summed E-state index contributed by atoms with van der Waals surface area (Å²) in [6.07, 6.45) is 0.815. The van der Waals surface area contributed by atoms with E-state index in [4.69, 9.17) is 16.3 Å². The van der Waals surface area contributed by atoms with E-state index < -0.39 is 23.5 Å². The van der Waals surface area contributed by atoms with Crippen molar-refractivity contribution >= 4 is 34.7 Å². The lowest BCUT2D eigenvalue weighted by atomic mass is 9.95. The molecule has 1 amide bonds. The molecule has 0 saturated carbocycles. The van der Waals surface area contributed by atoms with E-state index in [0.717, 1.165) is 6.42 Å². The molecule has 0 bridgehead atoms. The Labute approximate surface area is 195 Å². The highest BCUT2D eigenvalue weighted by Gasteiger charge is 2.47. The number of anilines is 1. The lowest BCUT2D eigenvalue weighted by molar-refractivity contribution is -0.132. The zero-order chi connectivity index (χ0) is 23.5. The first kappa shape index (κ1) is 22.6. The molecule has 1 aliphatic rings. The number of halogens is 2. The molecule has 1 saturated heterocycles. The molecule has 0 aromatic heterocycles. The van der Waals surface area contributed by atoms with E-state index in [0.29, 0.717) is 34.2 Å². The fraction of sp³-hybridized carbons (Fsp3) is 0.154. The predicted molar refractivity (Wildman–Crippen MR) is 125 cm³/mol. The molecule has 0 aliphatic carbocycles. The number of carbonyl (C=O) groups excluding carboxylic acids is 2. The van der Waals surface area contributed by atoms with E-state index in [2.05, 4.69) is 0 Å². The van der Waals surface area contributed by atoms with Crippen molar-refractivity contribution in [2.24, 2.45) is 0 Å². The number of Topliss-reactive ketones (excluding diaryl/α,β-unsaturated/α-hetero) is 1. The predicted octanol–water partition coefficient (Wildman–Crippen LogP) is 5.89. The van der Waals surface area contributed by atoms with Gasteiger partial charge in [-0.2, -0.15) is 0 Å². The van der Waals surface area contributed by atoms with Crippen molar-refractivity contribution in [3.63, 3.8) is 0 Å². The molecule has 1 atom stereocenters. The molecule has 1 unspecified atom stereocenters. The van der Waals surface area contributed by atoms with Crippen LogP contribution in [0.2, 0.25) is 5.02 Å². The summed E-state index contributed by atoms with van der Waals surface area (Å²) >= 11 is 6.04. The summed E-state index contributed by atoms with van der Waals surface area (Å²) in [6.45, 7) is 2.48. The topological polar surface area (TPSA) is 66.8 Å². The lowest BCUT2D eigenvalue weighted by Crippen LogP contribution is -2.29. The molecule has 3 aromatic rings. The van der Waals surface area contributed by atoms with Gasteiger partial charge in [-0.1, -0.05) is 42.8 Å². The highest BCUT2D eigenvalue weighted by molar-refractivity contribution is 6.51. The molecule has 168 valence electrons. The second-order valence-corrected chi connectivity index (χ2v) is 8.01. The Morgan fingerprint density at radius 1 is 1.06 bits per heavy atom. The van der Waals surface area contributed by atoms with Gasteiger partial charge in [0.05, 0.1) is 18.2 Å². The number of ketones is 1. The van der Waals surface area contributed by atoms with Crippen LogP contribution in [-0.4, -0.2) is 23.4 Å². The minimum absolute atomic E-state index is 0.0701. The molecule has 1 fully saturated rings. The minimum atomic E-state index is -0.923. The van der Waals surface area contributed by atoms with Gasteiger partial charge >= 0.3 is 0 Å². The average molecular weight is 466 g/mol. The Balaban J connectivity index is 1.88. The Hall–Kier alpha value is -3.64. The summed E-state index contributed by atoms with van der Waals surface area (Å²) in [5.74, 6) is -1.91. The van der Waals surface area contributed by atoms with E-state index in [-0.39, 0.29) is 11.3 Å². The molecule has 33 heavy (non-hydrogen) atoms. The first-order chi connectivity index (χ1) is 15.9. The lowest BCUT2D eigenvalue weighted by Gasteiger charge is -2.25. The molecule has 5 nitrogen and oxygen atoms in total. The normalized spacial score (nSPS) is 17.4. The van der Waals surface area contributed by atoms with Crippen LogP contribution in [0.3, 0.4) is 0 Å². The first-order valence-electron chi connectivity index (χ1n) is 10.5. The number of aliphatic hydroxyl groups is 1. The molecule has 1 aliphatic heterocycles. The SMILES string of the molecule is CCCOc1cccc(/C(O)=C2/C(=O)C(=O)N(c3ccc(F)cc3)C2c2ccc(Cl)cc2)c1. The van der Waals surface area contributed by atoms with Crippen LogP contribution in [0, 0.1) is 5.82 Å². The molecule has 4 rings (SSSR count). The number of amides is 1. The summed E-state index contributed by atoms with van der Waals surface area (Å²) in [7, 11) is 0. The number of hydrogen-bond acceptors (Lipinski definition) is 4. The van der Waals surface area contributed by atoms with Crippen LogP contribution in [0.25, 0.3) is 5.76 Å². The summed E-state index contributed by atoms with van der Waals surface area (Å²) in [4.78, 5) is 27.5. The summed E-state index contributed by atoms with van der Waals surface area (Å²) < 4.78 is 19.2. The van der Waals surface area contributed by atoms with Gasteiger partial charge in [0, 0.05) is 16.3 Å². The Morgan fingerprint density at radius 3 is 2.42 bits per heavy atom. The molecule has 3 aromatic carbocycles. The van der Waals surface area contributed by atoms with Crippen molar-refractivity contribution in [2.45, 2.75) is 19.4 Å². The third-order valence-electron chi connectivity index (χ3n) is 5.32. The van der Waals surface area contributed by atoms with Crippen molar-refractivity contribution in [1.29, 1.82) is 0 Å². The zero-order valence-corrected chi connectivity index (χ0v) is 18.6. The molecule has 0 spiro atoms. The van der Waals surface area contributed by atoms with E-state index in [1.165, 1.54) is 29.2 Å². The number of hydrogen-bond donors (Lipinski definition) is 1. The van der Waals surface area contributed by atoms with Crippen LogP contribution in [0.5, 0.6) is 5.75 Å². The van der Waals surface area contributed by atoms with E-state index >= 15 is 0 Å². The van der Waals surface area contributed by atoms with E-state index in [9.17, 15) is 19.1 Å². The average Bonchev–Trinajstić information content (AvgIpc) is 3.09. The molecule has 7 heteroatoms. The first-order valence-corrected chi connectivity index (χ1v) is 10.8. The van der Waals surface area contributed by atoms with Gasteiger partial charge in [-0.25, -0.2) is 4.39 Å². The maximum absolute atomic E-state index is 13.5. The van der Waals surface area contributed by atoms with Crippen LogP contribution >= 0.6 is 11.6 Å². The van der Waals surface area contributed by atoms with Gasteiger partial charge in [-0.15, -0.1) is 0 Å². The maximum atomic E-state index is 13.5. The standard InChI is InChI=1S/C26H21ClFNO4/c1-2-14-33-21-5-3-4-17(15-21)24(30)22-23(16-6-8-18(27)9-7-16)29(26(32)25(22)31)20-12-10-19(28)11-13-20/h3-13,15,23,30H,2,14H2,1H3/b24-22-. The second kappa shape index (κ2) is 9.46. The molecule has 1 N–H and O–H groups in total. The number of nitrogens with zero attached hydrogens (tertiary/aromatic N) is 1. The van der Waals surface area contributed by atoms with Crippen LogP contribution in [0.4, 0.5) is 10.1 Å². The van der Waals surface area contributed by atoms with E-state index in [1.54, 1.807) is 48.5 Å². The van der Waals surface area contributed by atoms with Gasteiger partial charge < -0.3 is 9.84 Å². The van der Waals surface area contributed by atoms with Crippen LogP contribution in [0.1, 0.15) is 30.5 Å². The van der Waals surface area contributed by atoms with Crippen molar-refractivity contribution in [3.05, 3.63) is 100 Å². The van der Waals surface area contributed by atoms with Crippen molar-refractivity contribution < 1.29 is 23.8 Å². The second-order valence-electron chi connectivity index (χ2n) is 7.57. The number of ether oxygens (including phenoxy) is 1. The van der Waals surface area contributed by atoms with Gasteiger partial charge in [0.25, 0.3) is 11.7 Å². The molecule has 1 heterocycles. The van der Waals surface area contributed by atoms with Gasteiger partial charge in [-0.3, -0.25) is 14.5 Å². The van der Waals surface area contributed by atoms with Crippen LogP contribution in [0.15, 0.2) is 78.4 Å². The zero-order valence-electron chi connectivity index (χ0n) is 17.8. The minimum Gasteiger partial charge on any atom is -0.507 e. The summed E-state index contributed by atoms with van der Waals surface area (Å²) in [6, 6.07) is 17.7. The maximum Gasteiger partial charge on any atom is 0.300 e. The summed E-state index contributed by atoms with van der Waals surface area (Å²) in [5, 5.41) is 11.7. The Bertz CT molecular complexity index is 1220. The Kier molecular flexibility index (Phi) is 6.47. The number of benzene rings is 3. The highest BCUT2D eigenvalue weighted by atomic mass is 35.5. The molecule has 0 radical (unpaired) electrons. The van der Waals surface area contributed by atoms with Gasteiger partial charge in [0.2, 0.25) is 0 Å². The van der Waals surface area contributed by atoms with Crippen LogP contribution < -0.4 is 9.64 Å². The molecular weight excluding hydrogens is 445 g/mol. The Morgan fingerprint density at radius 2 is 1.76 bits per heavy atom. The van der Waals surface area contributed by atoms with Gasteiger partial charge in [-0.05, 0) is 60.5 Å².